The fourth-order valence-corrected chi connectivity index (χ4v) is 1.81. The lowest BCUT2D eigenvalue weighted by atomic mass is 10.1. The first-order valence-electron chi connectivity index (χ1n) is 5.24. The van der Waals surface area contributed by atoms with Gasteiger partial charge < -0.3 is 9.30 Å². The summed E-state index contributed by atoms with van der Waals surface area (Å²) in [6.45, 7) is 1.98. The van der Waals surface area contributed by atoms with Gasteiger partial charge in [-0.3, -0.25) is 0 Å². The molecule has 1 heterocycles. The molecule has 86 valence electrons. The Morgan fingerprint density at radius 2 is 2.18 bits per heavy atom. The first-order chi connectivity index (χ1) is 8.15. The average Bonchev–Trinajstić information content (AvgIpc) is 2.70. The van der Waals surface area contributed by atoms with E-state index in [0.29, 0.717) is 5.69 Å². The topological polar surface area (TPSA) is 50.8 Å². The molecule has 4 nitrogen and oxygen atoms in total. The molecule has 0 saturated carbocycles. The third kappa shape index (κ3) is 2.00. The van der Waals surface area contributed by atoms with Gasteiger partial charge in [0.25, 0.3) is 0 Å². The van der Waals surface area contributed by atoms with Gasteiger partial charge in [0.15, 0.2) is 5.69 Å². The summed E-state index contributed by atoms with van der Waals surface area (Å²) in [5, 5.41) is 8.81. The van der Waals surface area contributed by atoms with E-state index in [-0.39, 0.29) is 0 Å². The second kappa shape index (κ2) is 4.30. The van der Waals surface area contributed by atoms with Crippen molar-refractivity contribution in [2.45, 2.75) is 6.92 Å². The summed E-state index contributed by atoms with van der Waals surface area (Å²) in [6, 6.07) is 7.89. The molecule has 2 rings (SSSR count). The van der Waals surface area contributed by atoms with E-state index < -0.39 is 0 Å². The zero-order valence-corrected chi connectivity index (χ0v) is 10.1. The maximum Gasteiger partial charge on any atom is 0.159 e. The van der Waals surface area contributed by atoms with Crippen LogP contribution in [0.25, 0.3) is 11.4 Å². The molecule has 2 aromatic rings. The van der Waals surface area contributed by atoms with Crippen molar-refractivity contribution in [3.8, 4) is 23.2 Å². The third-order valence-electron chi connectivity index (χ3n) is 2.64. The maximum atomic E-state index is 8.81. The number of hydrogen-bond donors (Lipinski definition) is 0. The van der Waals surface area contributed by atoms with Crippen molar-refractivity contribution < 1.29 is 4.74 Å². The Balaban J connectivity index is 2.50. The number of aryl methyl sites for hydroxylation is 2. The normalized spacial score (nSPS) is 10.0. The van der Waals surface area contributed by atoms with Gasteiger partial charge in [0.2, 0.25) is 0 Å². The Bertz CT molecular complexity index is 593. The van der Waals surface area contributed by atoms with Crippen LogP contribution in [0, 0.1) is 18.3 Å². The number of hydrogen-bond acceptors (Lipinski definition) is 3. The molecule has 0 fully saturated rings. The summed E-state index contributed by atoms with van der Waals surface area (Å²) in [7, 11) is 3.53. The minimum absolute atomic E-state index is 0.427. The molecule has 0 aliphatic rings. The molecule has 1 aromatic heterocycles. The Morgan fingerprint density at radius 3 is 2.71 bits per heavy atom. The van der Waals surface area contributed by atoms with E-state index in [0.717, 1.165) is 22.7 Å². The maximum absolute atomic E-state index is 8.81. The molecule has 0 unspecified atom stereocenters. The Morgan fingerprint density at radius 1 is 1.41 bits per heavy atom. The van der Waals surface area contributed by atoms with E-state index in [9.17, 15) is 0 Å². The van der Waals surface area contributed by atoms with Crippen molar-refractivity contribution >= 4 is 0 Å². The van der Waals surface area contributed by atoms with E-state index in [2.05, 4.69) is 4.98 Å². The minimum Gasteiger partial charge on any atom is -0.496 e. The molecule has 0 bridgehead atoms. The lowest BCUT2D eigenvalue weighted by Gasteiger charge is -2.07. The van der Waals surface area contributed by atoms with Gasteiger partial charge in [-0.15, -0.1) is 0 Å². The number of methoxy groups -OCH3 is 1. The van der Waals surface area contributed by atoms with E-state index in [1.54, 1.807) is 13.3 Å². The van der Waals surface area contributed by atoms with Crippen LogP contribution in [0.3, 0.4) is 0 Å². The van der Waals surface area contributed by atoms with Crippen LogP contribution in [0.5, 0.6) is 5.75 Å². The summed E-state index contributed by atoms with van der Waals surface area (Å²) in [6.07, 6.45) is 1.72. The van der Waals surface area contributed by atoms with Crippen molar-refractivity contribution in [3.63, 3.8) is 0 Å². The first-order valence-corrected chi connectivity index (χ1v) is 5.24. The molecule has 4 heteroatoms. The highest BCUT2D eigenvalue weighted by Gasteiger charge is 2.09. The second-order valence-electron chi connectivity index (χ2n) is 3.86. The van der Waals surface area contributed by atoms with Gasteiger partial charge in [-0.05, 0) is 30.7 Å². The van der Waals surface area contributed by atoms with Crippen molar-refractivity contribution in [3.05, 3.63) is 35.7 Å². The highest BCUT2D eigenvalue weighted by Crippen LogP contribution is 2.25. The van der Waals surface area contributed by atoms with Crippen LogP contribution in [0.1, 0.15) is 11.3 Å². The fraction of sp³-hybridized carbons (Fsp3) is 0.231. The van der Waals surface area contributed by atoms with Gasteiger partial charge in [0.1, 0.15) is 17.6 Å². The van der Waals surface area contributed by atoms with E-state index in [4.69, 9.17) is 10.00 Å². The quantitative estimate of drug-likeness (QED) is 0.790. The van der Waals surface area contributed by atoms with Gasteiger partial charge in [0, 0.05) is 18.8 Å². The van der Waals surface area contributed by atoms with Gasteiger partial charge in [-0.2, -0.15) is 5.26 Å². The molecule has 1 aromatic carbocycles. The lowest BCUT2D eigenvalue weighted by molar-refractivity contribution is 0.412. The van der Waals surface area contributed by atoms with Gasteiger partial charge in [-0.25, -0.2) is 4.98 Å². The molecule has 0 aliphatic carbocycles. The van der Waals surface area contributed by atoms with Gasteiger partial charge in [0.05, 0.1) is 7.11 Å². The summed E-state index contributed by atoms with van der Waals surface area (Å²) in [4.78, 5) is 4.26. The smallest absolute Gasteiger partial charge is 0.159 e. The molecule has 0 saturated heterocycles. The predicted octanol–water partition coefficient (Wildman–Crippen LogP) is 2.28. The number of aromatic nitrogens is 2. The highest BCUT2D eigenvalue weighted by molar-refractivity contribution is 5.60. The number of benzene rings is 1. The zero-order chi connectivity index (χ0) is 12.4. The van der Waals surface area contributed by atoms with Crippen molar-refractivity contribution in [1.29, 1.82) is 5.26 Å². The standard InChI is InChI=1S/C13H13N3O/c1-9-6-10(4-5-12(9)17-3)13-15-11(7-14)8-16(13)2/h4-6,8H,1-3H3. The highest BCUT2D eigenvalue weighted by atomic mass is 16.5. The van der Waals surface area contributed by atoms with Crippen LogP contribution in [0.2, 0.25) is 0 Å². The largest absolute Gasteiger partial charge is 0.496 e. The minimum atomic E-state index is 0.427. The number of ether oxygens (including phenoxy) is 1. The predicted molar refractivity (Wildman–Crippen MR) is 64.6 cm³/mol. The van der Waals surface area contributed by atoms with E-state index in [1.807, 2.05) is 42.8 Å². The molecular weight excluding hydrogens is 214 g/mol. The molecular formula is C13H13N3O. The molecule has 0 aliphatic heterocycles. The molecule has 17 heavy (non-hydrogen) atoms. The average molecular weight is 227 g/mol. The summed E-state index contributed by atoms with van der Waals surface area (Å²) in [5.41, 5.74) is 2.45. The van der Waals surface area contributed by atoms with Gasteiger partial charge in [-0.1, -0.05) is 0 Å². The molecule has 0 spiro atoms. The zero-order valence-electron chi connectivity index (χ0n) is 10.1. The first kappa shape index (κ1) is 11.2. The molecule has 0 amide bonds. The number of imidazole rings is 1. The fourth-order valence-electron chi connectivity index (χ4n) is 1.81. The van der Waals surface area contributed by atoms with Crippen LogP contribution < -0.4 is 4.74 Å². The number of rotatable bonds is 2. The molecule has 0 N–H and O–H groups in total. The van der Waals surface area contributed by atoms with Crippen LogP contribution in [-0.4, -0.2) is 16.7 Å². The monoisotopic (exact) mass is 227 g/mol. The van der Waals surface area contributed by atoms with Crippen LogP contribution >= 0.6 is 0 Å². The van der Waals surface area contributed by atoms with Gasteiger partial charge >= 0.3 is 0 Å². The molecule has 0 radical (unpaired) electrons. The van der Waals surface area contributed by atoms with Crippen molar-refractivity contribution in [2.75, 3.05) is 7.11 Å². The lowest BCUT2D eigenvalue weighted by Crippen LogP contribution is -1.93. The summed E-state index contributed by atoms with van der Waals surface area (Å²) < 4.78 is 7.06. The summed E-state index contributed by atoms with van der Waals surface area (Å²) >= 11 is 0. The van der Waals surface area contributed by atoms with Crippen LogP contribution in [0.4, 0.5) is 0 Å². The van der Waals surface area contributed by atoms with Crippen molar-refractivity contribution in [2.24, 2.45) is 7.05 Å². The van der Waals surface area contributed by atoms with E-state index in [1.165, 1.54) is 0 Å². The second-order valence-corrected chi connectivity index (χ2v) is 3.86. The Kier molecular flexibility index (Phi) is 2.84. The van der Waals surface area contributed by atoms with E-state index >= 15 is 0 Å². The molecule has 0 atom stereocenters. The van der Waals surface area contributed by atoms with Crippen LogP contribution in [0.15, 0.2) is 24.4 Å². The Hall–Kier alpha value is -2.28. The number of nitrogens with zero attached hydrogens (tertiary/aromatic N) is 3. The summed E-state index contributed by atoms with van der Waals surface area (Å²) in [5.74, 6) is 1.63. The van der Waals surface area contributed by atoms with Crippen molar-refractivity contribution in [1.82, 2.24) is 9.55 Å². The Labute approximate surface area is 100 Å². The third-order valence-corrected chi connectivity index (χ3v) is 2.64. The van der Waals surface area contributed by atoms with Crippen LogP contribution in [-0.2, 0) is 7.05 Å². The number of nitriles is 1. The SMILES string of the molecule is COc1ccc(-c2nc(C#N)cn2C)cc1C.